The average Bonchev–Trinajstić information content (AvgIpc) is 1.82. The van der Waals surface area contributed by atoms with Gasteiger partial charge in [-0.05, 0) is 6.42 Å². The van der Waals surface area contributed by atoms with Crippen LogP contribution in [0.4, 0.5) is 0 Å². The topological polar surface area (TPSA) is 72.5 Å². The first-order valence-electron chi connectivity index (χ1n) is 2.78. The summed E-state index contributed by atoms with van der Waals surface area (Å²) in [6, 6.07) is 0. The second kappa shape index (κ2) is 4.29. The predicted molar refractivity (Wildman–Crippen MR) is 31.9 cm³/mol. The van der Waals surface area contributed by atoms with E-state index in [1.165, 1.54) is 0 Å². The lowest BCUT2D eigenvalue weighted by molar-refractivity contribution is -0.149. The third kappa shape index (κ3) is 3.93. The van der Waals surface area contributed by atoms with Crippen LogP contribution >= 0.6 is 0 Å². The lowest BCUT2D eigenvalue weighted by atomic mass is 10.5. The van der Waals surface area contributed by atoms with E-state index in [1.54, 1.807) is 0 Å². The Morgan fingerprint density at radius 3 is 2.78 bits per heavy atom. The standard InChI is InChI=1S/C5H11NO3/c1-2-3-9-4(6)5(7)8/h4H,2-3,6H2,1H3,(H,7,8). The van der Waals surface area contributed by atoms with Crippen LogP contribution in [-0.4, -0.2) is 23.9 Å². The van der Waals surface area contributed by atoms with Crippen molar-refractivity contribution >= 4 is 5.97 Å². The van der Waals surface area contributed by atoms with Gasteiger partial charge >= 0.3 is 5.97 Å². The molecule has 4 nitrogen and oxygen atoms in total. The van der Waals surface area contributed by atoms with E-state index in [1.807, 2.05) is 6.92 Å². The molecule has 9 heavy (non-hydrogen) atoms. The van der Waals surface area contributed by atoms with Crippen LogP contribution in [0, 0.1) is 0 Å². The van der Waals surface area contributed by atoms with Gasteiger partial charge in [-0.15, -0.1) is 0 Å². The molecule has 0 radical (unpaired) electrons. The zero-order chi connectivity index (χ0) is 7.28. The summed E-state index contributed by atoms with van der Waals surface area (Å²) in [5.74, 6) is -1.12. The van der Waals surface area contributed by atoms with Gasteiger partial charge in [0.05, 0.1) is 0 Å². The van der Waals surface area contributed by atoms with Crippen molar-refractivity contribution in [3.8, 4) is 0 Å². The molecular formula is C5H11NO3. The molecule has 0 aliphatic rings. The quantitative estimate of drug-likeness (QED) is 0.520. The van der Waals surface area contributed by atoms with Gasteiger partial charge in [-0.2, -0.15) is 0 Å². The van der Waals surface area contributed by atoms with E-state index in [0.29, 0.717) is 6.61 Å². The Balaban J connectivity index is 3.27. The van der Waals surface area contributed by atoms with Gasteiger partial charge in [-0.25, -0.2) is 4.79 Å². The van der Waals surface area contributed by atoms with E-state index >= 15 is 0 Å². The highest BCUT2D eigenvalue weighted by Gasteiger charge is 2.09. The van der Waals surface area contributed by atoms with Gasteiger partial charge < -0.3 is 9.84 Å². The second-order valence-corrected chi connectivity index (χ2v) is 1.63. The van der Waals surface area contributed by atoms with Crippen molar-refractivity contribution in [2.75, 3.05) is 6.61 Å². The molecule has 0 rings (SSSR count). The fraction of sp³-hybridized carbons (Fsp3) is 0.800. The third-order valence-electron chi connectivity index (χ3n) is 0.745. The van der Waals surface area contributed by atoms with Gasteiger partial charge in [0.15, 0.2) is 0 Å². The van der Waals surface area contributed by atoms with Crippen LogP contribution in [-0.2, 0) is 9.53 Å². The monoisotopic (exact) mass is 133 g/mol. The molecule has 3 N–H and O–H groups in total. The first-order chi connectivity index (χ1) is 4.18. The van der Waals surface area contributed by atoms with E-state index < -0.39 is 12.2 Å². The third-order valence-corrected chi connectivity index (χ3v) is 0.745. The predicted octanol–water partition coefficient (Wildman–Crippen LogP) is -0.218. The van der Waals surface area contributed by atoms with Crippen LogP contribution in [0.25, 0.3) is 0 Å². The molecule has 4 heteroatoms. The summed E-state index contributed by atoms with van der Waals surface area (Å²) < 4.78 is 4.63. The maximum Gasteiger partial charge on any atom is 0.347 e. The largest absolute Gasteiger partial charge is 0.478 e. The summed E-state index contributed by atoms with van der Waals surface area (Å²) in [7, 11) is 0. The number of rotatable bonds is 4. The second-order valence-electron chi connectivity index (χ2n) is 1.63. The van der Waals surface area contributed by atoms with Crippen molar-refractivity contribution in [3.05, 3.63) is 0 Å². The number of carboxylic acids is 1. The highest BCUT2D eigenvalue weighted by atomic mass is 16.5. The smallest absolute Gasteiger partial charge is 0.347 e. The summed E-state index contributed by atoms with van der Waals surface area (Å²) in [6.45, 7) is 2.28. The zero-order valence-corrected chi connectivity index (χ0v) is 5.33. The van der Waals surface area contributed by atoms with E-state index in [-0.39, 0.29) is 0 Å². The summed E-state index contributed by atoms with van der Waals surface area (Å²) in [5.41, 5.74) is 4.98. The van der Waals surface area contributed by atoms with E-state index in [0.717, 1.165) is 6.42 Å². The van der Waals surface area contributed by atoms with Crippen LogP contribution in [0.2, 0.25) is 0 Å². The molecule has 0 fully saturated rings. The van der Waals surface area contributed by atoms with Crippen LogP contribution in [0.3, 0.4) is 0 Å². The van der Waals surface area contributed by atoms with E-state index in [4.69, 9.17) is 10.8 Å². The number of aliphatic carboxylic acids is 1. The highest BCUT2D eigenvalue weighted by molar-refractivity contribution is 5.71. The summed E-state index contributed by atoms with van der Waals surface area (Å²) in [6.07, 6.45) is -0.383. The Morgan fingerprint density at radius 2 is 2.44 bits per heavy atom. The molecule has 0 aliphatic carbocycles. The Hall–Kier alpha value is -0.610. The van der Waals surface area contributed by atoms with Gasteiger partial charge in [-0.3, -0.25) is 5.73 Å². The molecule has 0 amide bonds. The molecule has 0 aromatic carbocycles. The van der Waals surface area contributed by atoms with Crippen molar-refractivity contribution in [1.29, 1.82) is 0 Å². The van der Waals surface area contributed by atoms with Crippen molar-refractivity contribution in [2.45, 2.75) is 19.6 Å². The van der Waals surface area contributed by atoms with Crippen molar-refractivity contribution < 1.29 is 14.6 Å². The molecule has 0 aromatic heterocycles. The van der Waals surface area contributed by atoms with Crippen LogP contribution in [0.1, 0.15) is 13.3 Å². The summed E-state index contributed by atoms with van der Waals surface area (Å²) in [4.78, 5) is 9.96. The van der Waals surface area contributed by atoms with Crippen molar-refractivity contribution in [1.82, 2.24) is 0 Å². The lowest BCUT2D eigenvalue weighted by Crippen LogP contribution is -2.33. The normalized spacial score (nSPS) is 13.1. The number of carbonyl (C=O) groups is 1. The number of hydrogen-bond acceptors (Lipinski definition) is 3. The van der Waals surface area contributed by atoms with Gasteiger partial charge in [0.2, 0.25) is 6.23 Å². The fourth-order valence-electron chi connectivity index (χ4n) is 0.316. The van der Waals surface area contributed by atoms with Crippen molar-refractivity contribution in [3.63, 3.8) is 0 Å². The van der Waals surface area contributed by atoms with Crippen LogP contribution in [0.15, 0.2) is 0 Å². The maximum atomic E-state index is 9.96. The van der Waals surface area contributed by atoms with E-state index in [9.17, 15) is 4.79 Å². The van der Waals surface area contributed by atoms with E-state index in [2.05, 4.69) is 4.74 Å². The summed E-state index contributed by atoms with van der Waals surface area (Å²) in [5, 5.41) is 8.16. The number of carboxylic acid groups (broad SMARTS) is 1. The molecule has 0 heterocycles. The Bertz CT molecular complexity index is 94.2. The SMILES string of the molecule is CCCOC(N)C(=O)O. The maximum absolute atomic E-state index is 9.96. The molecule has 0 aliphatic heterocycles. The molecule has 0 spiro atoms. The minimum absolute atomic E-state index is 0.396. The first kappa shape index (κ1) is 8.39. The molecule has 1 atom stereocenters. The summed E-state index contributed by atoms with van der Waals surface area (Å²) >= 11 is 0. The van der Waals surface area contributed by atoms with Gasteiger partial charge in [0, 0.05) is 6.61 Å². The minimum atomic E-state index is -1.16. The number of nitrogens with two attached hydrogens (primary N) is 1. The van der Waals surface area contributed by atoms with Crippen molar-refractivity contribution in [2.24, 2.45) is 5.73 Å². The fourth-order valence-corrected chi connectivity index (χ4v) is 0.316. The molecule has 0 saturated heterocycles. The lowest BCUT2D eigenvalue weighted by Gasteiger charge is -2.05. The highest BCUT2D eigenvalue weighted by Crippen LogP contribution is 1.84. The molecule has 1 unspecified atom stereocenters. The number of ether oxygens (including phenoxy) is 1. The molecule has 0 saturated carbocycles. The first-order valence-corrected chi connectivity index (χ1v) is 2.78. The Labute approximate surface area is 53.6 Å². The number of hydrogen-bond donors (Lipinski definition) is 2. The molecule has 0 bridgehead atoms. The minimum Gasteiger partial charge on any atom is -0.478 e. The average molecular weight is 133 g/mol. The van der Waals surface area contributed by atoms with Crippen LogP contribution in [0.5, 0.6) is 0 Å². The van der Waals surface area contributed by atoms with Gasteiger partial charge in [0.1, 0.15) is 0 Å². The molecular weight excluding hydrogens is 122 g/mol. The van der Waals surface area contributed by atoms with Gasteiger partial charge in [0.25, 0.3) is 0 Å². The Morgan fingerprint density at radius 1 is 1.89 bits per heavy atom. The zero-order valence-electron chi connectivity index (χ0n) is 5.33. The molecule has 54 valence electrons. The molecule has 0 aromatic rings. The van der Waals surface area contributed by atoms with Crippen LogP contribution < -0.4 is 5.73 Å². The van der Waals surface area contributed by atoms with Gasteiger partial charge in [-0.1, -0.05) is 6.92 Å². The Kier molecular flexibility index (Phi) is 4.00.